The summed E-state index contributed by atoms with van der Waals surface area (Å²) in [5, 5.41) is 6.00. The van der Waals surface area contributed by atoms with Crippen LogP contribution >= 0.6 is 11.8 Å². The van der Waals surface area contributed by atoms with Crippen molar-refractivity contribution in [1.29, 1.82) is 0 Å². The lowest BCUT2D eigenvalue weighted by Gasteiger charge is -2.37. The maximum absolute atomic E-state index is 5.48. The summed E-state index contributed by atoms with van der Waals surface area (Å²) in [5.74, 6) is 2.24. The highest BCUT2D eigenvalue weighted by atomic mass is 32.2. The summed E-state index contributed by atoms with van der Waals surface area (Å²) in [4.78, 5) is 14.1. The minimum Gasteiger partial charge on any atom is -0.349 e. The van der Waals surface area contributed by atoms with E-state index in [4.69, 9.17) is 4.52 Å². The molecule has 2 unspecified atom stereocenters. The van der Waals surface area contributed by atoms with Gasteiger partial charge in [0.05, 0.1) is 12.6 Å². The first-order valence-electron chi connectivity index (χ1n) is 8.24. The van der Waals surface area contributed by atoms with Crippen LogP contribution in [0.3, 0.4) is 0 Å². The highest BCUT2D eigenvalue weighted by Crippen LogP contribution is 2.38. The molecule has 0 N–H and O–H groups in total. The van der Waals surface area contributed by atoms with Gasteiger partial charge in [0.25, 0.3) is 0 Å². The van der Waals surface area contributed by atoms with Crippen molar-refractivity contribution in [2.75, 3.05) is 32.7 Å². The third-order valence-corrected chi connectivity index (χ3v) is 5.83. The van der Waals surface area contributed by atoms with E-state index in [1.54, 1.807) is 0 Å². The fourth-order valence-corrected chi connectivity index (χ4v) is 4.01. The van der Waals surface area contributed by atoms with Crippen LogP contribution in [0.5, 0.6) is 0 Å². The number of piperazine rings is 1. The number of thioether (sulfide) groups is 1. The number of rotatable bonds is 3. The summed E-state index contributed by atoms with van der Waals surface area (Å²) in [7, 11) is 0. The second-order valence-electron chi connectivity index (χ2n) is 6.52. The van der Waals surface area contributed by atoms with E-state index in [0.29, 0.717) is 11.2 Å². The van der Waals surface area contributed by atoms with Gasteiger partial charge in [-0.05, 0) is 19.8 Å². The normalized spacial score (nSPS) is 28.0. The Morgan fingerprint density at radius 2 is 2.00 bits per heavy atom. The molecule has 7 heteroatoms. The van der Waals surface area contributed by atoms with Crippen molar-refractivity contribution in [2.24, 2.45) is 4.99 Å². The molecule has 2 atom stereocenters. The SMILES string of the molecule is CC1CN=C(N2CCN(C(C)c3nc(C4CC4)no3)CC2)S1. The lowest BCUT2D eigenvalue weighted by Crippen LogP contribution is -2.48. The number of nitrogens with zero attached hydrogens (tertiary/aromatic N) is 5. The number of aliphatic imine (C=N–C) groups is 1. The summed E-state index contributed by atoms with van der Waals surface area (Å²) >= 11 is 1.91. The Morgan fingerprint density at radius 1 is 1.23 bits per heavy atom. The van der Waals surface area contributed by atoms with Gasteiger partial charge in [0.1, 0.15) is 0 Å². The summed E-state index contributed by atoms with van der Waals surface area (Å²) in [5.41, 5.74) is 0. The van der Waals surface area contributed by atoms with Crippen molar-refractivity contribution in [1.82, 2.24) is 19.9 Å². The topological polar surface area (TPSA) is 57.8 Å². The molecule has 1 saturated carbocycles. The second-order valence-corrected chi connectivity index (χ2v) is 7.92. The molecule has 0 spiro atoms. The second kappa shape index (κ2) is 5.85. The van der Waals surface area contributed by atoms with Crippen LogP contribution in [0.25, 0.3) is 0 Å². The summed E-state index contributed by atoms with van der Waals surface area (Å²) in [6.45, 7) is 9.49. The maximum atomic E-state index is 5.48. The van der Waals surface area contributed by atoms with Gasteiger partial charge in [0.15, 0.2) is 11.0 Å². The molecule has 22 heavy (non-hydrogen) atoms. The standard InChI is InChI=1S/C15H23N5OS/c1-10-9-16-15(22-10)20-7-5-19(6-8-20)11(2)14-17-13(18-21-14)12-3-4-12/h10-12H,3-9H2,1-2H3. The summed E-state index contributed by atoms with van der Waals surface area (Å²) in [6.07, 6.45) is 2.43. The fraction of sp³-hybridized carbons (Fsp3) is 0.800. The van der Waals surface area contributed by atoms with Crippen molar-refractivity contribution in [2.45, 2.75) is 43.9 Å². The third kappa shape index (κ3) is 2.88. The number of hydrogen-bond donors (Lipinski definition) is 0. The van der Waals surface area contributed by atoms with E-state index < -0.39 is 0 Å². The van der Waals surface area contributed by atoms with Gasteiger partial charge >= 0.3 is 0 Å². The predicted molar refractivity (Wildman–Crippen MR) is 87.2 cm³/mol. The van der Waals surface area contributed by atoms with Crippen molar-refractivity contribution >= 4 is 16.9 Å². The van der Waals surface area contributed by atoms with Crippen LogP contribution in [0, 0.1) is 0 Å². The van der Waals surface area contributed by atoms with Crippen molar-refractivity contribution < 1.29 is 4.52 Å². The monoisotopic (exact) mass is 321 g/mol. The van der Waals surface area contributed by atoms with Gasteiger partial charge in [-0.3, -0.25) is 9.89 Å². The van der Waals surface area contributed by atoms with Gasteiger partial charge in [-0.25, -0.2) is 0 Å². The predicted octanol–water partition coefficient (Wildman–Crippen LogP) is 2.12. The molecule has 1 aromatic heterocycles. The van der Waals surface area contributed by atoms with E-state index >= 15 is 0 Å². The molecule has 1 saturated heterocycles. The number of aromatic nitrogens is 2. The number of amidine groups is 1. The molecular formula is C15H23N5OS. The Balaban J connectivity index is 1.34. The minimum atomic E-state index is 0.208. The minimum absolute atomic E-state index is 0.208. The molecule has 3 aliphatic rings. The first kappa shape index (κ1) is 14.5. The van der Waals surface area contributed by atoms with E-state index in [-0.39, 0.29) is 6.04 Å². The molecule has 0 bridgehead atoms. The van der Waals surface area contributed by atoms with Gasteiger partial charge in [0.2, 0.25) is 5.89 Å². The molecule has 1 aliphatic carbocycles. The third-order valence-electron chi connectivity index (χ3n) is 4.68. The zero-order chi connectivity index (χ0) is 15.1. The molecule has 2 aliphatic heterocycles. The van der Waals surface area contributed by atoms with Crippen molar-refractivity contribution in [3.8, 4) is 0 Å². The number of hydrogen-bond acceptors (Lipinski definition) is 7. The van der Waals surface area contributed by atoms with E-state index in [9.17, 15) is 0 Å². The molecule has 4 rings (SSSR count). The Kier molecular flexibility index (Phi) is 3.86. The average molecular weight is 321 g/mol. The zero-order valence-electron chi connectivity index (χ0n) is 13.2. The van der Waals surface area contributed by atoms with Gasteiger partial charge in [-0.1, -0.05) is 23.8 Å². The van der Waals surface area contributed by atoms with E-state index in [1.165, 1.54) is 18.0 Å². The van der Waals surface area contributed by atoms with Crippen LogP contribution < -0.4 is 0 Å². The van der Waals surface area contributed by atoms with E-state index in [1.807, 2.05) is 11.8 Å². The lowest BCUT2D eigenvalue weighted by atomic mass is 10.2. The largest absolute Gasteiger partial charge is 0.349 e. The molecule has 0 radical (unpaired) electrons. The van der Waals surface area contributed by atoms with E-state index in [2.05, 4.69) is 38.8 Å². The van der Waals surface area contributed by atoms with Gasteiger partial charge in [-0.15, -0.1) is 0 Å². The van der Waals surface area contributed by atoms with E-state index in [0.717, 1.165) is 44.4 Å². The maximum Gasteiger partial charge on any atom is 0.243 e. The lowest BCUT2D eigenvalue weighted by molar-refractivity contribution is 0.121. The van der Waals surface area contributed by atoms with Crippen LogP contribution in [0.15, 0.2) is 9.52 Å². The first-order valence-corrected chi connectivity index (χ1v) is 9.12. The van der Waals surface area contributed by atoms with Crippen LogP contribution in [0.4, 0.5) is 0 Å². The van der Waals surface area contributed by atoms with Gasteiger partial charge in [-0.2, -0.15) is 4.98 Å². The zero-order valence-corrected chi connectivity index (χ0v) is 14.1. The van der Waals surface area contributed by atoms with Crippen LogP contribution in [-0.4, -0.2) is 63.1 Å². The van der Waals surface area contributed by atoms with Crippen LogP contribution in [0.1, 0.15) is 50.4 Å². The molecule has 120 valence electrons. The quantitative estimate of drug-likeness (QED) is 0.850. The highest BCUT2D eigenvalue weighted by Gasteiger charge is 2.32. The first-order chi connectivity index (χ1) is 10.7. The van der Waals surface area contributed by atoms with Crippen LogP contribution in [-0.2, 0) is 0 Å². The van der Waals surface area contributed by atoms with Crippen LogP contribution in [0.2, 0.25) is 0 Å². The Bertz CT molecular complexity index is 562. The highest BCUT2D eigenvalue weighted by molar-refractivity contribution is 8.14. The molecule has 2 fully saturated rings. The molecule has 0 amide bonds. The van der Waals surface area contributed by atoms with Crippen molar-refractivity contribution in [3.05, 3.63) is 11.7 Å². The Morgan fingerprint density at radius 3 is 2.64 bits per heavy atom. The summed E-state index contributed by atoms with van der Waals surface area (Å²) in [6, 6.07) is 0.208. The van der Waals surface area contributed by atoms with Gasteiger partial charge < -0.3 is 9.42 Å². The average Bonchev–Trinajstić information content (AvgIpc) is 3.11. The molecular weight excluding hydrogens is 298 g/mol. The molecule has 6 nitrogen and oxygen atoms in total. The fourth-order valence-electron chi connectivity index (χ4n) is 3.02. The Labute approximate surface area is 135 Å². The smallest absolute Gasteiger partial charge is 0.243 e. The van der Waals surface area contributed by atoms with Gasteiger partial charge in [0, 0.05) is 37.3 Å². The summed E-state index contributed by atoms with van der Waals surface area (Å²) < 4.78 is 5.48. The van der Waals surface area contributed by atoms with Crippen molar-refractivity contribution in [3.63, 3.8) is 0 Å². The Hall–Kier alpha value is -1.08. The molecule has 0 aromatic carbocycles. The molecule has 1 aromatic rings. The molecule has 3 heterocycles.